The van der Waals surface area contributed by atoms with Crippen LogP contribution < -0.4 is 15.4 Å². The maximum atomic E-state index is 13.6. The third-order valence-corrected chi connectivity index (χ3v) is 3.94. The molecule has 0 aliphatic heterocycles. The smallest absolute Gasteiger partial charge is 0.261 e. The van der Waals surface area contributed by atoms with Gasteiger partial charge in [0.25, 0.3) is 5.91 Å². The minimum atomic E-state index is -0.445. The van der Waals surface area contributed by atoms with Crippen molar-refractivity contribution >= 4 is 28.9 Å². The molecule has 4 nitrogen and oxygen atoms in total. The Hall–Kier alpha value is -2.47. The third-order valence-electron chi connectivity index (χ3n) is 3.74. The standard InChI is InChI=1S/C20H23FN2O2S/c1-2-3-4-9-14-25-18-13-8-5-10-15(18)19(24)23-20(26)22-17-12-7-6-11-16(17)21/h5-8,10-13H,2-4,9,14H2,1H3,(H2,22,23,24,26). The first-order valence-electron chi connectivity index (χ1n) is 8.70. The highest BCUT2D eigenvalue weighted by Gasteiger charge is 2.14. The molecule has 0 bridgehead atoms. The number of rotatable bonds is 8. The van der Waals surface area contributed by atoms with Crippen molar-refractivity contribution in [2.24, 2.45) is 0 Å². The molecule has 26 heavy (non-hydrogen) atoms. The molecular formula is C20H23FN2O2S. The quantitative estimate of drug-likeness (QED) is 0.509. The van der Waals surface area contributed by atoms with E-state index in [9.17, 15) is 9.18 Å². The molecular weight excluding hydrogens is 351 g/mol. The molecule has 0 radical (unpaired) electrons. The molecule has 138 valence electrons. The predicted molar refractivity (Wildman–Crippen MR) is 106 cm³/mol. The topological polar surface area (TPSA) is 50.4 Å². The van der Waals surface area contributed by atoms with Gasteiger partial charge in [-0.05, 0) is 42.9 Å². The van der Waals surface area contributed by atoms with Crippen molar-refractivity contribution in [1.29, 1.82) is 0 Å². The van der Waals surface area contributed by atoms with Gasteiger partial charge in [-0.3, -0.25) is 10.1 Å². The lowest BCUT2D eigenvalue weighted by molar-refractivity contribution is 0.0973. The van der Waals surface area contributed by atoms with E-state index in [-0.39, 0.29) is 10.8 Å². The monoisotopic (exact) mass is 374 g/mol. The largest absolute Gasteiger partial charge is 0.493 e. The average molecular weight is 374 g/mol. The summed E-state index contributed by atoms with van der Waals surface area (Å²) in [6.45, 7) is 2.71. The molecule has 0 unspecified atom stereocenters. The number of para-hydroxylation sites is 2. The Morgan fingerprint density at radius 1 is 1.08 bits per heavy atom. The summed E-state index contributed by atoms with van der Waals surface area (Å²) in [7, 11) is 0. The number of nitrogens with one attached hydrogen (secondary N) is 2. The molecule has 0 aliphatic carbocycles. The van der Waals surface area contributed by atoms with Crippen LogP contribution in [0, 0.1) is 5.82 Å². The van der Waals surface area contributed by atoms with E-state index in [2.05, 4.69) is 17.6 Å². The number of hydrogen-bond acceptors (Lipinski definition) is 3. The van der Waals surface area contributed by atoms with Gasteiger partial charge in [-0.1, -0.05) is 50.5 Å². The van der Waals surface area contributed by atoms with Crippen LogP contribution in [-0.4, -0.2) is 17.6 Å². The van der Waals surface area contributed by atoms with E-state index in [1.807, 2.05) is 6.07 Å². The number of carbonyl (C=O) groups excluding carboxylic acids is 1. The maximum absolute atomic E-state index is 13.6. The molecule has 2 rings (SSSR count). The third kappa shape index (κ3) is 6.11. The summed E-state index contributed by atoms with van der Waals surface area (Å²) in [5.41, 5.74) is 0.596. The van der Waals surface area contributed by atoms with E-state index in [1.165, 1.54) is 12.5 Å². The van der Waals surface area contributed by atoms with Gasteiger partial charge in [0.15, 0.2) is 5.11 Å². The number of anilines is 1. The molecule has 0 fully saturated rings. The molecule has 0 saturated heterocycles. The Labute approximate surface area is 158 Å². The lowest BCUT2D eigenvalue weighted by Gasteiger charge is -2.13. The van der Waals surface area contributed by atoms with Crippen molar-refractivity contribution in [2.75, 3.05) is 11.9 Å². The van der Waals surface area contributed by atoms with Crippen LogP contribution >= 0.6 is 12.2 Å². The number of ether oxygens (including phenoxy) is 1. The summed E-state index contributed by atoms with van der Waals surface area (Å²) < 4.78 is 19.4. The second-order valence-electron chi connectivity index (χ2n) is 5.79. The second kappa shape index (κ2) is 10.5. The second-order valence-corrected chi connectivity index (χ2v) is 6.20. The molecule has 0 saturated carbocycles. The minimum Gasteiger partial charge on any atom is -0.493 e. The number of unbranched alkanes of at least 4 members (excludes halogenated alkanes) is 3. The number of halogens is 1. The number of thiocarbonyl (C=S) groups is 1. The Balaban J connectivity index is 1.94. The van der Waals surface area contributed by atoms with Crippen LogP contribution in [0.25, 0.3) is 0 Å². The number of carbonyl (C=O) groups is 1. The SMILES string of the molecule is CCCCCCOc1ccccc1C(=O)NC(=S)Nc1ccccc1F. The van der Waals surface area contributed by atoms with Crippen LogP contribution in [0.4, 0.5) is 10.1 Å². The van der Waals surface area contributed by atoms with Crippen molar-refractivity contribution in [1.82, 2.24) is 5.32 Å². The molecule has 6 heteroatoms. The predicted octanol–water partition coefficient (Wildman–Crippen LogP) is 4.91. The Kier molecular flexibility index (Phi) is 8.02. The summed E-state index contributed by atoms with van der Waals surface area (Å²) in [5.74, 6) is -0.335. The van der Waals surface area contributed by atoms with Crippen molar-refractivity contribution in [3.8, 4) is 5.75 Å². The van der Waals surface area contributed by atoms with Gasteiger partial charge in [0.2, 0.25) is 0 Å². The van der Waals surface area contributed by atoms with E-state index < -0.39 is 11.7 Å². The molecule has 2 aromatic rings. The van der Waals surface area contributed by atoms with Gasteiger partial charge in [-0.2, -0.15) is 0 Å². The first-order chi connectivity index (χ1) is 12.6. The Morgan fingerprint density at radius 2 is 1.81 bits per heavy atom. The highest BCUT2D eigenvalue weighted by molar-refractivity contribution is 7.80. The van der Waals surface area contributed by atoms with Gasteiger partial charge in [-0.25, -0.2) is 4.39 Å². The maximum Gasteiger partial charge on any atom is 0.261 e. The Bertz CT molecular complexity index is 752. The summed E-state index contributed by atoms with van der Waals surface area (Å²) in [6, 6.07) is 13.1. The van der Waals surface area contributed by atoms with E-state index in [1.54, 1.807) is 36.4 Å². The molecule has 0 aromatic heterocycles. The van der Waals surface area contributed by atoms with E-state index >= 15 is 0 Å². The summed E-state index contributed by atoms with van der Waals surface area (Å²) in [4.78, 5) is 12.5. The summed E-state index contributed by atoms with van der Waals surface area (Å²) in [5, 5.41) is 5.26. The van der Waals surface area contributed by atoms with Crippen LogP contribution in [0.15, 0.2) is 48.5 Å². The normalized spacial score (nSPS) is 10.2. The zero-order valence-electron chi connectivity index (χ0n) is 14.8. The highest BCUT2D eigenvalue weighted by Crippen LogP contribution is 2.19. The molecule has 0 aliphatic rings. The van der Waals surface area contributed by atoms with Crippen molar-refractivity contribution in [3.63, 3.8) is 0 Å². The summed E-state index contributed by atoms with van der Waals surface area (Å²) in [6.07, 6.45) is 4.37. The molecule has 2 aromatic carbocycles. The number of amides is 1. The van der Waals surface area contributed by atoms with E-state index in [4.69, 9.17) is 17.0 Å². The van der Waals surface area contributed by atoms with Gasteiger partial charge in [0.1, 0.15) is 11.6 Å². The first-order valence-corrected chi connectivity index (χ1v) is 9.11. The van der Waals surface area contributed by atoms with Crippen LogP contribution in [0.1, 0.15) is 43.0 Å². The molecule has 1 amide bonds. The average Bonchev–Trinajstić information content (AvgIpc) is 2.63. The van der Waals surface area contributed by atoms with Gasteiger partial charge in [0, 0.05) is 0 Å². The number of benzene rings is 2. The molecule has 2 N–H and O–H groups in total. The minimum absolute atomic E-state index is 0.0258. The van der Waals surface area contributed by atoms with Crippen molar-refractivity contribution < 1.29 is 13.9 Å². The lowest BCUT2D eigenvalue weighted by atomic mass is 10.2. The number of hydrogen-bond donors (Lipinski definition) is 2. The zero-order valence-corrected chi connectivity index (χ0v) is 15.6. The fourth-order valence-electron chi connectivity index (χ4n) is 2.38. The molecule has 0 heterocycles. The van der Waals surface area contributed by atoms with Gasteiger partial charge in [-0.15, -0.1) is 0 Å². The fourth-order valence-corrected chi connectivity index (χ4v) is 2.58. The van der Waals surface area contributed by atoms with Crippen LogP contribution in [0.2, 0.25) is 0 Å². The fraction of sp³-hybridized carbons (Fsp3) is 0.300. The van der Waals surface area contributed by atoms with Crippen molar-refractivity contribution in [3.05, 3.63) is 59.9 Å². The summed E-state index contributed by atoms with van der Waals surface area (Å²) >= 11 is 5.10. The first kappa shape index (κ1) is 19.8. The molecule has 0 spiro atoms. The molecule has 0 atom stereocenters. The van der Waals surface area contributed by atoms with E-state index in [0.29, 0.717) is 17.9 Å². The highest BCUT2D eigenvalue weighted by atomic mass is 32.1. The van der Waals surface area contributed by atoms with Gasteiger partial charge < -0.3 is 10.1 Å². The van der Waals surface area contributed by atoms with Crippen molar-refractivity contribution in [2.45, 2.75) is 32.6 Å². The van der Waals surface area contributed by atoms with E-state index in [0.717, 1.165) is 19.3 Å². The van der Waals surface area contributed by atoms with Gasteiger partial charge >= 0.3 is 0 Å². The Morgan fingerprint density at radius 3 is 2.58 bits per heavy atom. The lowest BCUT2D eigenvalue weighted by Crippen LogP contribution is -2.34. The van der Waals surface area contributed by atoms with Crippen LogP contribution in [0.3, 0.4) is 0 Å². The van der Waals surface area contributed by atoms with Gasteiger partial charge in [0.05, 0.1) is 17.9 Å². The zero-order chi connectivity index (χ0) is 18.8. The van der Waals surface area contributed by atoms with Crippen LogP contribution in [0.5, 0.6) is 5.75 Å². The van der Waals surface area contributed by atoms with Crippen LogP contribution in [-0.2, 0) is 0 Å².